The number of hydrogen-bond acceptors (Lipinski definition) is 5. The van der Waals surface area contributed by atoms with Crippen LogP contribution >= 0.6 is 11.6 Å². The molecule has 10 heteroatoms. The summed E-state index contributed by atoms with van der Waals surface area (Å²) in [5.74, 6) is -0.316. The molecule has 2 aromatic rings. The van der Waals surface area contributed by atoms with Crippen LogP contribution in [0.2, 0.25) is 5.15 Å². The van der Waals surface area contributed by atoms with E-state index in [0.717, 1.165) is 0 Å². The summed E-state index contributed by atoms with van der Waals surface area (Å²) in [4.78, 5) is 22.2. The third kappa shape index (κ3) is 4.35. The molecule has 1 amide bonds. The van der Waals surface area contributed by atoms with Gasteiger partial charge in [-0.1, -0.05) is 29.8 Å². The highest BCUT2D eigenvalue weighted by Gasteiger charge is 2.49. The summed E-state index contributed by atoms with van der Waals surface area (Å²) < 4.78 is 51.6. The molecule has 3 heterocycles. The van der Waals surface area contributed by atoms with Gasteiger partial charge in [-0.15, -0.1) is 0 Å². The Labute approximate surface area is 175 Å². The van der Waals surface area contributed by atoms with Crippen molar-refractivity contribution in [1.29, 1.82) is 0 Å². The van der Waals surface area contributed by atoms with Gasteiger partial charge in [-0.3, -0.25) is 9.78 Å². The van der Waals surface area contributed by atoms with Gasteiger partial charge in [0.1, 0.15) is 11.9 Å². The number of hydrogen-bond donors (Lipinski definition) is 0. The van der Waals surface area contributed by atoms with Gasteiger partial charge in [0, 0.05) is 31.5 Å². The molecule has 1 fully saturated rings. The molecule has 0 aliphatic carbocycles. The largest absolute Gasteiger partial charge is 0.475 e. The van der Waals surface area contributed by atoms with Gasteiger partial charge in [0.2, 0.25) is 12.0 Å². The van der Waals surface area contributed by atoms with Crippen LogP contribution < -0.4 is 9.47 Å². The summed E-state index contributed by atoms with van der Waals surface area (Å²) in [6.07, 6.45) is -2.27. The zero-order chi connectivity index (χ0) is 21.3. The lowest BCUT2D eigenvalue weighted by Crippen LogP contribution is -2.48. The molecule has 0 radical (unpaired) electrons. The summed E-state index contributed by atoms with van der Waals surface area (Å²) in [5.41, 5.74) is 0.0281. The van der Waals surface area contributed by atoms with Crippen molar-refractivity contribution in [2.24, 2.45) is 0 Å². The number of aromatic nitrogens is 2. The number of amides is 1. The highest BCUT2D eigenvalue weighted by molar-refractivity contribution is 6.29. The highest BCUT2D eigenvalue weighted by atomic mass is 35.5. The van der Waals surface area contributed by atoms with E-state index >= 15 is 0 Å². The molecule has 0 saturated carbocycles. The number of benzene rings is 1. The minimum absolute atomic E-state index is 0.103. The fraction of sp³-hybridized carbons (Fsp3) is 0.350. The number of carbonyl (C=O) groups is 1. The Kier molecular flexibility index (Phi) is 5.55. The van der Waals surface area contributed by atoms with Gasteiger partial charge in [-0.05, 0) is 12.1 Å². The molecule has 2 aliphatic heterocycles. The summed E-state index contributed by atoms with van der Waals surface area (Å²) in [5, 5.41) is 0.197. The van der Waals surface area contributed by atoms with E-state index in [1.54, 1.807) is 18.2 Å². The molecule has 0 bridgehead atoms. The van der Waals surface area contributed by atoms with Crippen LogP contribution in [0.1, 0.15) is 18.4 Å². The van der Waals surface area contributed by atoms with E-state index < -0.39 is 23.8 Å². The van der Waals surface area contributed by atoms with Crippen LogP contribution in [0.3, 0.4) is 0 Å². The lowest BCUT2D eigenvalue weighted by atomic mass is 9.98. The van der Waals surface area contributed by atoms with Gasteiger partial charge in [0.05, 0.1) is 18.0 Å². The van der Waals surface area contributed by atoms with E-state index in [1.807, 2.05) is 0 Å². The molecule has 0 N–H and O–H groups in total. The Morgan fingerprint density at radius 2 is 1.93 bits per heavy atom. The molecule has 4 rings (SSSR count). The number of para-hydroxylation sites is 1. The van der Waals surface area contributed by atoms with Crippen molar-refractivity contribution in [3.05, 3.63) is 52.9 Å². The summed E-state index contributed by atoms with van der Waals surface area (Å²) in [6.45, 7) is 0.502. The van der Waals surface area contributed by atoms with Crippen LogP contribution in [-0.4, -0.2) is 52.2 Å². The zero-order valence-electron chi connectivity index (χ0n) is 15.6. The van der Waals surface area contributed by atoms with Gasteiger partial charge >= 0.3 is 6.18 Å². The van der Waals surface area contributed by atoms with Crippen LogP contribution in [-0.2, 0) is 4.79 Å². The molecular formula is C20H17ClF3N3O3. The maximum absolute atomic E-state index is 13.6. The average Bonchev–Trinajstić information content (AvgIpc) is 2.72. The van der Waals surface area contributed by atoms with Crippen molar-refractivity contribution in [3.8, 4) is 11.6 Å². The van der Waals surface area contributed by atoms with Gasteiger partial charge in [-0.2, -0.15) is 18.2 Å². The Bertz CT molecular complexity index is 975. The molecule has 1 saturated heterocycles. The van der Waals surface area contributed by atoms with E-state index in [2.05, 4.69) is 9.97 Å². The Balaban J connectivity index is 1.46. The summed E-state index contributed by atoms with van der Waals surface area (Å²) >= 11 is 5.78. The highest BCUT2D eigenvalue weighted by Crippen LogP contribution is 2.38. The number of alkyl halides is 3. The lowest BCUT2D eigenvalue weighted by Gasteiger charge is -2.35. The predicted molar refractivity (Wildman–Crippen MR) is 102 cm³/mol. The van der Waals surface area contributed by atoms with Crippen LogP contribution in [0.25, 0.3) is 6.08 Å². The third-order valence-corrected chi connectivity index (χ3v) is 5.08. The number of fused-ring (bicyclic) bond motifs is 1. The van der Waals surface area contributed by atoms with E-state index in [0.29, 0.717) is 18.4 Å². The first kappa shape index (κ1) is 20.5. The molecule has 1 aromatic carbocycles. The first-order valence-electron chi connectivity index (χ1n) is 9.29. The Morgan fingerprint density at radius 3 is 2.63 bits per heavy atom. The normalized spacial score (nSPS) is 19.5. The smallest absolute Gasteiger partial charge is 0.429 e. The van der Waals surface area contributed by atoms with Crippen LogP contribution in [0.5, 0.6) is 11.6 Å². The molecule has 158 valence electrons. The SMILES string of the molecule is O=C(C1=Cc2ccccc2OC1C(F)(F)F)N1CCC(Oc2cncc(Cl)n2)CC1. The molecule has 2 aliphatic rings. The zero-order valence-corrected chi connectivity index (χ0v) is 16.4. The van der Waals surface area contributed by atoms with Gasteiger partial charge in [-0.25, -0.2) is 0 Å². The lowest BCUT2D eigenvalue weighted by molar-refractivity contribution is -0.186. The molecule has 1 atom stereocenters. The standard InChI is InChI=1S/C20H17ClF3N3O3/c21-16-10-25-11-17(26-16)29-13-5-7-27(8-6-13)19(28)14-9-12-3-1-2-4-15(12)30-18(14)20(22,23)24/h1-4,9-11,13,18H,5-8H2. The maximum Gasteiger partial charge on any atom is 0.429 e. The fourth-order valence-electron chi connectivity index (χ4n) is 3.47. The van der Waals surface area contributed by atoms with Crippen LogP contribution in [0, 0.1) is 0 Å². The number of carbonyl (C=O) groups excluding carboxylic acids is 1. The molecular weight excluding hydrogens is 423 g/mol. The number of likely N-dealkylation sites (tertiary alicyclic amines) is 1. The Morgan fingerprint density at radius 1 is 1.20 bits per heavy atom. The second-order valence-electron chi connectivity index (χ2n) is 6.97. The van der Waals surface area contributed by atoms with Gasteiger partial charge in [0.15, 0.2) is 5.15 Å². The monoisotopic (exact) mass is 439 g/mol. The van der Waals surface area contributed by atoms with Crippen molar-refractivity contribution >= 4 is 23.6 Å². The minimum Gasteiger partial charge on any atom is -0.475 e. The molecule has 0 spiro atoms. The molecule has 1 unspecified atom stereocenters. The number of piperidine rings is 1. The number of rotatable bonds is 3. The van der Waals surface area contributed by atoms with E-state index in [4.69, 9.17) is 21.1 Å². The van der Waals surface area contributed by atoms with E-state index in [9.17, 15) is 18.0 Å². The first-order chi connectivity index (χ1) is 14.3. The maximum atomic E-state index is 13.6. The van der Waals surface area contributed by atoms with Gasteiger partial charge < -0.3 is 14.4 Å². The number of ether oxygens (including phenoxy) is 2. The van der Waals surface area contributed by atoms with Crippen LogP contribution in [0.4, 0.5) is 13.2 Å². The summed E-state index contributed by atoms with van der Waals surface area (Å²) in [7, 11) is 0. The second-order valence-corrected chi connectivity index (χ2v) is 7.35. The molecule has 6 nitrogen and oxygen atoms in total. The van der Waals surface area contributed by atoms with E-state index in [1.165, 1.54) is 29.4 Å². The minimum atomic E-state index is -4.71. The Hall–Kier alpha value is -2.81. The van der Waals surface area contributed by atoms with Crippen molar-refractivity contribution in [3.63, 3.8) is 0 Å². The summed E-state index contributed by atoms with van der Waals surface area (Å²) in [6, 6.07) is 6.33. The molecule has 30 heavy (non-hydrogen) atoms. The van der Waals surface area contributed by atoms with Crippen molar-refractivity contribution in [2.75, 3.05) is 13.1 Å². The third-order valence-electron chi connectivity index (χ3n) is 4.90. The van der Waals surface area contributed by atoms with Crippen molar-refractivity contribution < 1.29 is 27.4 Å². The van der Waals surface area contributed by atoms with Gasteiger partial charge in [0.25, 0.3) is 5.91 Å². The molecule has 1 aromatic heterocycles. The fourth-order valence-corrected chi connectivity index (χ4v) is 3.61. The van der Waals surface area contributed by atoms with Crippen molar-refractivity contribution in [1.82, 2.24) is 14.9 Å². The quantitative estimate of drug-likeness (QED) is 0.725. The first-order valence-corrected chi connectivity index (χ1v) is 9.66. The van der Waals surface area contributed by atoms with Crippen LogP contribution in [0.15, 0.2) is 42.2 Å². The van der Waals surface area contributed by atoms with Crippen molar-refractivity contribution in [2.45, 2.75) is 31.2 Å². The topological polar surface area (TPSA) is 64.5 Å². The van der Waals surface area contributed by atoms with E-state index in [-0.39, 0.29) is 36.0 Å². The average molecular weight is 440 g/mol. The number of halogens is 4. The predicted octanol–water partition coefficient (Wildman–Crippen LogP) is 3.91. The number of nitrogens with zero attached hydrogens (tertiary/aromatic N) is 3. The second kappa shape index (κ2) is 8.14.